The minimum atomic E-state index is -0.214. The van der Waals surface area contributed by atoms with Gasteiger partial charge in [-0.2, -0.15) is 0 Å². The minimum absolute atomic E-state index is 0.0329. The Balaban J connectivity index is 1.67. The fraction of sp³-hybridized carbons (Fsp3) is 0.231. The fourth-order valence-electron chi connectivity index (χ4n) is 5.16. The van der Waals surface area contributed by atoms with Crippen LogP contribution in [0.1, 0.15) is 45.4 Å². The molecule has 0 aliphatic carbocycles. The molecule has 0 N–H and O–H groups in total. The monoisotopic (exact) mass is 396 g/mol. The number of nitrogens with zero attached hydrogens (tertiary/aromatic N) is 2. The van der Waals surface area contributed by atoms with Gasteiger partial charge in [0.1, 0.15) is 6.29 Å². The number of benzene rings is 3. The maximum atomic E-state index is 13.6. The fourth-order valence-corrected chi connectivity index (χ4v) is 5.16. The van der Waals surface area contributed by atoms with Gasteiger partial charge in [0.15, 0.2) is 0 Å². The van der Waals surface area contributed by atoms with Crippen LogP contribution in [0.4, 0.5) is 0 Å². The molecule has 2 heterocycles. The van der Waals surface area contributed by atoms with E-state index in [2.05, 4.69) is 41.4 Å². The third-order valence-electron chi connectivity index (χ3n) is 6.40. The van der Waals surface area contributed by atoms with E-state index in [4.69, 9.17) is 0 Å². The first kappa shape index (κ1) is 18.8. The van der Waals surface area contributed by atoms with Crippen LogP contribution in [0.3, 0.4) is 0 Å². The Morgan fingerprint density at radius 2 is 1.57 bits per heavy atom. The van der Waals surface area contributed by atoms with E-state index in [1.165, 1.54) is 16.7 Å². The van der Waals surface area contributed by atoms with E-state index in [0.29, 0.717) is 12.0 Å². The predicted octanol–water partition coefficient (Wildman–Crippen LogP) is 4.40. The lowest BCUT2D eigenvalue weighted by Crippen LogP contribution is -2.48. The first-order valence-corrected chi connectivity index (χ1v) is 10.5. The van der Waals surface area contributed by atoms with Crippen molar-refractivity contribution in [3.8, 4) is 0 Å². The molecule has 3 aromatic rings. The Morgan fingerprint density at radius 1 is 0.900 bits per heavy atom. The molecular formula is C26H24N2O2. The summed E-state index contributed by atoms with van der Waals surface area (Å²) in [5, 5.41) is 4.09. The van der Waals surface area contributed by atoms with E-state index < -0.39 is 0 Å². The molecule has 0 spiro atoms. The summed E-state index contributed by atoms with van der Waals surface area (Å²) in [6, 6.07) is 28.0. The third kappa shape index (κ3) is 3.04. The molecule has 1 amide bonds. The summed E-state index contributed by atoms with van der Waals surface area (Å²) in [7, 11) is 0. The number of amides is 1. The number of hydrogen-bond donors (Lipinski definition) is 0. The Kier molecular flexibility index (Phi) is 4.93. The molecule has 4 heteroatoms. The molecule has 0 unspecified atom stereocenters. The summed E-state index contributed by atoms with van der Waals surface area (Å²) in [5.74, 6) is -0.00391. The third-order valence-corrected chi connectivity index (χ3v) is 6.40. The molecule has 0 bridgehead atoms. The normalized spacial score (nSPS) is 22.9. The quantitative estimate of drug-likeness (QED) is 0.614. The van der Waals surface area contributed by atoms with E-state index >= 15 is 0 Å². The Labute approximate surface area is 176 Å². The molecule has 5 rings (SSSR count). The van der Waals surface area contributed by atoms with E-state index in [0.717, 1.165) is 19.3 Å². The van der Waals surface area contributed by atoms with Crippen LogP contribution >= 0.6 is 0 Å². The second-order valence-electron chi connectivity index (χ2n) is 7.98. The van der Waals surface area contributed by atoms with Gasteiger partial charge in [-0.25, -0.2) is 5.01 Å². The number of fused-ring (bicyclic) bond motifs is 3. The number of rotatable bonds is 4. The summed E-state index contributed by atoms with van der Waals surface area (Å²) in [6.45, 7) is 0.763. The van der Waals surface area contributed by atoms with Crippen molar-refractivity contribution in [3.63, 3.8) is 0 Å². The number of hydrogen-bond acceptors (Lipinski definition) is 3. The molecule has 1 saturated heterocycles. The van der Waals surface area contributed by atoms with Gasteiger partial charge in [-0.3, -0.25) is 9.80 Å². The van der Waals surface area contributed by atoms with Gasteiger partial charge in [-0.15, -0.1) is 0 Å². The second-order valence-corrected chi connectivity index (χ2v) is 7.98. The van der Waals surface area contributed by atoms with Crippen molar-refractivity contribution < 1.29 is 9.59 Å². The summed E-state index contributed by atoms with van der Waals surface area (Å²) in [6.07, 6.45) is 2.16. The molecule has 150 valence electrons. The van der Waals surface area contributed by atoms with Gasteiger partial charge in [0, 0.05) is 24.4 Å². The summed E-state index contributed by atoms with van der Waals surface area (Å²) < 4.78 is 0. The lowest BCUT2D eigenvalue weighted by molar-refractivity contribution is -0.109. The zero-order chi connectivity index (χ0) is 20.5. The van der Waals surface area contributed by atoms with Crippen molar-refractivity contribution in [1.82, 2.24) is 10.0 Å². The van der Waals surface area contributed by atoms with E-state index in [9.17, 15) is 9.59 Å². The lowest BCUT2D eigenvalue weighted by Gasteiger charge is -2.38. The maximum absolute atomic E-state index is 13.6. The first-order chi connectivity index (χ1) is 14.8. The Morgan fingerprint density at radius 3 is 2.30 bits per heavy atom. The second kappa shape index (κ2) is 7.88. The van der Waals surface area contributed by atoms with Crippen LogP contribution in [0, 0.1) is 0 Å². The zero-order valence-electron chi connectivity index (χ0n) is 16.7. The van der Waals surface area contributed by atoms with Crippen LogP contribution < -0.4 is 0 Å². The smallest absolute Gasteiger partial charge is 0.268 e. The highest BCUT2D eigenvalue weighted by Crippen LogP contribution is 2.51. The number of carbonyl (C=O) groups excluding carboxylic acids is 2. The van der Waals surface area contributed by atoms with Gasteiger partial charge >= 0.3 is 0 Å². The average molecular weight is 396 g/mol. The standard InChI is InChI=1S/C26H24N2O2/c29-18-16-23-24(20-10-3-1-4-11-20)25-22-14-8-7-9-19(22)15-17-27(25)28(23)26(30)21-12-5-2-6-13-21/h1-14,18,23-25H,15-17H2/t23-,24-,25+/m0/s1. The van der Waals surface area contributed by atoms with Crippen LogP contribution in [0.5, 0.6) is 0 Å². The molecule has 30 heavy (non-hydrogen) atoms. The Hall–Kier alpha value is -3.24. The van der Waals surface area contributed by atoms with Crippen molar-refractivity contribution in [3.05, 3.63) is 107 Å². The largest absolute Gasteiger partial charge is 0.303 e. The predicted molar refractivity (Wildman–Crippen MR) is 116 cm³/mol. The van der Waals surface area contributed by atoms with Gasteiger partial charge < -0.3 is 4.79 Å². The molecule has 0 saturated carbocycles. The molecule has 0 aromatic heterocycles. The molecule has 2 aliphatic heterocycles. The van der Waals surface area contributed by atoms with Crippen molar-refractivity contribution in [2.75, 3.05) is 6.54 Å². The molecular weight excluding hydrogens is 372 g/mol. The van der Waals surface area contributed by atoms with E-state index in [-0.39, 0.29) is 23.9 Å². The molecule has 3 aromatic carbocycles. The van der Waals surface area contributed by atoms with E-state index in [1.54, 1.807) is 0 Å². The molecule has 4 nitrogen and oxygen atoms in total. The van der Waals surface area contributed by atoms with Gasteiger partial charge in [0.2, 0.25) is 0 Å². The highest BCUT2D eigenvalue weighted by atomic mass is 16.2. The van der Waals surface area contributed by atoms with Crippen molar-refractivity contribution >= 4 is 12.2 Å². The number of hydrazine groups is 1. The van der Waals surface area contributed by atoms with Crippen molar-refractivity contribution in [2.24, 2.45) is 0 Å². The summed E-state index contributed by atoms with van der Waals surface area (Å²) >= 11 is 0. The van der Waals surface area contributed by atoms with Gasteiger partial charge in [-0.1, -0.05) is 72.8 Å². The molecule has 2 aliphatic rings. The topological polar surface area (TPSA) is 40.6 Å². The molecule has 0 radical (unpaired) electrons. The van der Waals surface area contributed by atoms with Crippen LogP contribution in [0.25, 0.3) is 0 Å². The van der Waals surface area contributed by atoms with Crippen LogP contribution in [-0.2, 0) is 11.2 Å². The zero-order valence-corrected chi connectivity index (χ0v) is 16.7. The molecule has 3 atom stereocenters. The SMILES string of the molecule is O=CC[C@H]1[C@H](c2ccccc2)[C@H]2c3ccccc3CCN2N1C(=O)c1ccccc1. The summed E-state index contributed by atoms with van der Waals surface area (Å²) in [4.78, 5) is 25.4. The van der Waals surface area contributed by atoms with Gasteiger partial charge in [0.05, 0.1) is 12.1 Å². The van der Waals surface area contributed by atoms with Crippen LogP contribution in [0.2, 0.25) is 0 Å². The molecule has 1 fully saturated rings. The van der Waals surface area contributed by atoms with Gasteiger partial charge in [0.25, 0.3) is 5.91 Å². The average Bonchev–Trinajstić information content (AvgIpc) is 3.14. The van der Waals surface area contributed by atoms with Crippen molar-refractivity contribution in [1.29, 1.82) is 0 Å². The van der Waals surface area contributed by atoms with Crippen LogP contribution in [-0.4, -0.2) is 34.8 Å². The maximum Gasteiger partial charge on any atom is 0.268 e. The number of aldehydes is 1. The minimum Gasteiger partial charge on any atom is -0.303 e. The first-order valence-electron chi connectivity index (χ1n) is 10.5. The lowest BCUT2D eigenvalue weighted by atomic mass is 9.79. The summed E-state index contributed by atoms with van der Waals surface area (Å²) in [5.41, 5.74) is 4.41. The van der Waals surface area contributed by atoms with Crippen molar-refractivity contribution in [2.45, 2.75) is 30.8 Å². The van der Waals surface area contributed by atoms with Crippen LogP contribution in [0.15, 0.2) is 84.9 Å². The number of carbonyl (C=O) groups is 2. The van der Waals surface area contributed by atoms with E-state index in [1.807, 2.05) is 53.5 Å². The Bertz CT molecular complexity index is 1050. The highest BCUT2D eigenvalue weighted by Gasteiger charge is 2.52. The van der Waals surface area contributed by atoms with Gasteiger partial charge in [-0.05, 0) is 35.2 Å². The highest BCUT2D eigenvalue weighted by molar-refractivity contribution is 5.94.